The molecule has 20 heavy (non-hydrogen) atoms. The van der Waals surface area contributed by atoms with Gasteiger partial charge in [0.05, 0.1) is 4.92 Å². The molecule has 2 rings (SSSR count). The molecule has 0 aliphatic heterocycles. The average molecular weight is 282 g/mol. The molecule has 9 nitrogen and oxygen atoms in total. The Labute approximate surface area is 113 Å². The maximum absolute atomic E-state index is 12.0. The maximum Gasteiger partial charge on any atom is 0.323 e. The van der Waals surface area contributed by atoms with E-state index < -0.39 is 16.8 Å². The van der Waals surface area contributed by atoms with E-state index in [1.54, 1.807) is 0 Å². The number of hydrogen-bond acceptors (Lipinski definition) is 5. The van der Waals surface area contributed by atoms with Gasteiger partial charge in [-0.05, 0) is 18.8 Å². The van der Waals surface area contributed by atoms with Crippen LogP contribution < -0.4 is 0 Å². The number of amides is 1. The molecule has 0 atom stereocenters. The lowest BCUT2D eigenvalue weighted by atomic mass is 10.3. The van der Waals surface area contributed by atoms with Gasteiger partial charge in [0.2, 0.25) is 5.91 Å². The van der Waals surface area contributed by atoms with Gasteiger partial charge in [-0.2, -0.15) is 5.10 Å². The van der Waals surface area contributed by atoms with E-state index in [0.29, 0.717) is 12.5 Å². The highest BCUT2D eigenvalue weighted by Crippen LogP contribution is 2.29. The van der Waals surface area contributed by atoms with E-state index in [1.807, 2.05) is 0 Å². The molecule has 0 unspecified atom stereocenters. The van der Waals surface area contributed by atoms with Crippen LogP contribution in [-0.2, 0) is 16.1 Å². The molecule has 1 aliphatic rings. The molecular weight excluding hydrogens is 268 g/mol. The van der Waals surface area contributed by atoms with Crippen molar-refractivity contribution >= 4 is 17.6 Å². The summed E-state index contributed by atoms with van der Waals surface area (Å²) in [5.74, 6) is -1.12. The van der Waals surface area contributed by atoms with Crippen molar-refractivity contribution < 1.29 is 19.6 Å². The van der Waals surface area contributed by atoms with Gasteiger partial charge in [0, 0.05) is 6.54 Å². The summed E-state index contributed by atoms with van der Waals surface area (Å²) in [5.41, 5.74) is -0.204. The van der Waals surface area contributed by atoms with Crippen LogP contribution in [0.4, 0.5) is 5.69 Å². The summed E-state index contributed by atoms with van der Waals surface area (Å²) < 4.78 is 1.14. The topological polar surface area (TPSA) is 119 Å². The first-order chi connectivity index (χ1) is 9.45. The number of nitro groups is 1. The summed E-state index contributed by atoms with van der Waals surface area (Å²) in [5, 5.41) is 23.0. The number of carbonyl (C=O) groups is 2. The first-order valence-electron chi connectivity index (χ1n) is 6.12. The number of hydrogen-bond donors (Lipinski definition) is 1. The van der Waals surface area contributed by atoms with E-state index in [1.165, 1.54) is 4.90 Å². The van der Waals surface area contributed by atoms with E-state index in [2.05, 4.69) is 5.10 Å². The van der Waals surface area contributed by atoms with Gasteiger partial charge >= 0.3 is 11.7 Å². The Kier molecular flexibility index (Phi) is 3.97. The molecule has 1 aromatic heterocycles. The Morgan fingerprint density at radius 2 is 2.25 bits per heavy atom. The van der Waals surface area contributed by atoms with Crippen LogP contribution in [0.1, 0.15) is 12.8 Å². The molecule has 1 N–H and O–H groups in total. The van der Waals surface area contributed by atoms with Crippen molar-refractivity contribution in [3.05, 3.63) is 22.5 Å². The molecule has 0 bridgehead atoms. The Bertz CT molecular complexity index is 537. The van der Waals surface area contributed by atoms with Gasteiger partial charge in [-0.3, -0.25) is 24.4 Å². The fourth-order valence-electron chi connectivity index (χ4n) is 1.80. The van der Waals surface area contributed by atoms with E-state index in [9.17, 15) is 19.7 Å². The summed E-state index contributed by atoms with van der Waals surface area (Å²) in [7, 11) is 0. The SMILES string of the molecule is O=C(O)CN(CC1CC1)C(=O)Cn1cc([N+](=O)[O-])cn1. The average Bonchev–Trinajstić information content (AvgIpc) is 3.04. The van der Waals surface area contributed by atoms with Gasteiger partial charge in [0.1, 0.15) is 25.5 Å². The highest BCUT2D eigenvalue weighted by atomic mass is 16.6. The van der Waals surface area contributed by atoms with Gasteiger partial charge in [-0.15, -0.1) is 0 Å². The van der Waals surface area contributed by atoms with Crippen LogP contribution in [0.5, 0.6) is 0 Å². The van der Waals surface area contributed by atoms with Crippen LogP contribution in [0.25, 0.3) is 0 Å². The molecule has 1 aliphatic carbocycles. The molecule has 1 aromatic rings. The molecule has 0 saturated heterocycles. The lowest BCUT2D eigenvalue weighted by molar-refractivity contribution is -0.385. The summed E-state index contributed by atoms with van der Waals surface area (Å²) in [6, 6.07) is 0. The lowest BCUT2D eigenvalue weighted by Crippen LogP contribution is -2.39. The van der Waals surface area contributed by atoms with Gasteiger partial charge in [0.15, 0.2) is 0 Å². The number of carboxylic acid groups (broad SMARTS) is 1. The highest BCUT2D eigenvalue weighted by Gasteiger charge is 2.28. The van der Waals surface area contributed by atoms with E-state index in [-0.39, 0.29) is 18.8 Å². The van der Waals surface area contributed by atoms with Crippen molar-refractivity contribution in [1.82, 2.24) is 14.7 Å². The first-order valence-corrected chi connectivity index (χ1v) is 6.12. The van der Waals surface area contributed by atoms with Crippen molar-refractivity contribution in [3.63, 3.8) is 0 Å². The fourth-order valence-corrected chi connectivity index (χ4v) is 1.80. The molecule has 1 fully saturated rings. The van der Waals surface area contributed by atoms with Crippen LogP contribution in [-0.4, -0.2) is 49.7 Å². The third kappa shape index (κ3) is 3.77. The van der Waals surface area contributed by atoms with Gasteiger partial charge in [-0.1, -0.05) is 0 Å². The minimum atomic E-state index is -1.08. The first kappa shape index (κ1) is 14.0. The van der Waals surface area contributed by atoms with Crippen LogP contribution in [0.2, 0.25) is 0 Å². The van der Waals surface area contributed by atoms with E-state index >= 15 is 0 Å². The Morgan fingerprint density at radius 3 is 2.75 bits per heavy atom. The molecule has 1 heterocycles. The van der Waals surface area contributed by atoms with Crippen LogP contribution >= 0.6 is 0 Å². The number of nitrogens with zero attached hydrogens (tertiary/aromatic N) is 4. The van der Waals surface area contributed by atoms with Crippen LogP contribution in [0.15, 0.2) is 12.4 Å². The summed E-state index contributed by atoms with van der Waals surface area (Å²) in [6.45, 7) is -0.152. The van der Waals surface area contributed by atoms with Crippen molar-refractivity contribution in [1.29, 1.82) is 0 Å². The third-order valence-electron chi connectivity index (χ3n) is 2.98. The molecule has 9 heteroatoms. The number of carbonyl (C=O) groups excluding carboxylic acids is 1. The predicted molar refractivity (Wildman–Crippen MR) is 65.8 cm³/mol. The lowest BCUT2D eigenvalue weighted by Gasteiger charge is -2.20. The quantitative estimate of drug-likeness (QED) is 0.560. The van der Waals surface area contributed by atoms with Crippen molar-refractivity contribution in [2.24, 2.45) is 5.92 Å². The number of aromatic nitrogens is 2. The zero-order valence-corrected chi connectivity index (χ0v) is 10.6. The van der Waals surface area contributed by atoms with Crippen molar-refractivity contribution in [2.45, 2.75) is 19.4 Å². The number of carboxylic acids is 1. The molecule has 0 aromatic carbocycles. The van der Waals surface area contributed by atoms with Gasteiger partial charge in [-0.25, -0.2) is 0 Å². The predicted octanol–water partition coefficient (Wildman–Crippen LogP) is 0.114. The Morgan fingerprint density at radius 1 is 1.55 bits per heavy atom. The standard InChI is InChI=1S/C11H14N4O5/c16-10(6-14-5-9(3-12-14)15(19)20)13(7-11(17)18)4-8-1-2-8/h3,5,8H,1-2,4,6-7H2,(H,17,18). The minimum Gasteiger partial charge on any atom is -0.480 e. The number of aliphatic carboxylic acids is 1. The molecule has 1 amide bonds. The van der Waals surface area contributed by atoms with Crippen molar-refractivity contribution in [3.8, 4) is 0 Å². The van der Waals surface area contributed by atoms with E-state index in [4.69, 9.17) is 5.11 Å². The summed E-state index contributed by atoms with van der Waals surface area (Å²) >= 11 is 0. The summed E-state index contributed by atoms with van der Waals surface area (Å²) in [6.07, 6.45) is 4.19. The van der Waals surface area contributed by atoms with Gasteiger partial charge < -0.3 is 10.0 Å². The zero-order chi connectivity index (χ0) is 14.7. The summed E-state index contributed by atoms with van der Waals surface area (Å²) in [4.78, 5) is 33.9. The fraction of sp³-hybridized carbons (Fsp3) is 0.545. The normalized spacial score (nSPS) is 14.0. The largest absolute Gasteiger partial charge is 0.480 e. The molecule has 1 saturated carbocycles. The molecule has 0 radical (unpaired) electrons. The highest BCUT2D eigenvalue weighted by molar-refractivity contribution is 5.81. The zero-order valence-electron chi connectivity index (χ0n) is 10.6. The minimum absolute atomic E-state index is 0.201. The van der Waals surface area contributed by atoms with Crippen molar-refractivity contribution in [2.75, 3.05) is 13.1 Å². The second-order valence-electron chi connectivity index (χ2n) is 4.76. The molecular formula is C11H14N4O5. The van der Waals surface area contributed by atoms with Crippen LogP contribution in [0.3, 0.4) is 0 Å². The maximum atomic E-state index is 12.0. The Hall–Kier alpha value is -2.45. The second kappa shape index (κ2) is 5.68. The van der Waals surface area contributed by atoms with Gasteiger partial charge in [0.25, 0.3) is 0 Å². The Balaban J connectivity index is 1.98. The van der Waals surface area contributed by atoms with E-state index in [0.717, 1.165) is 29.9 Å². The second-order valence-corrected chi connectivity index (χ2v) is 4.76. The monoisotopic (exact) mass is 282 g/mol. The van der Waals surface area contributed by atoms with Crippen LogP contribution in [0, 0.1) is 16.0 Å². The third-order valence-corrected chi connectivity index (χ3v) is 2.98. The molecule has 0 spiro atoms. The number of rotatable bonds is 7. The smallest absolute Gasteiger partial charge is 0.323 e. The molecule has 108 valence electrons.